The van der Waals surface area contributed by atoms with Crippen LogP contribution in [-0.2, 0) is 19.5 Å². The molecule has 0 aromatic heterocycles. The van der Waals surface area contributed by atoms with Gasteiger partial charge in [0.25, 0.3) is 0 Å². The average Bonchev–Trinajstić information content (AvgIpc) is 3.35. The van der Waals surface area contributed by atoms with E-state index >= 15 is 0 Å². The van der Waals surface area contributed by atoms with Crippen LogP contribution in [0.25, 0.3) is 0 Å². The zero-order valence-corrected chi connectivity index (χ0v) is 20.9. The third-order valence-corrected chi connectivity index (χ3v) is 9.54. The minimum Gasteiger partial charge on any atom is -0.399 e. The Labute approximate surface area is 202 Å². The molecular weight excluding hydrogens is 432 g/mol. The fourth-order valence-corrected chi connectivity index (χ4v) is 6.58. The second-order valence-electron chi connectivity index (χ2n) is 12.0. The molecule has 0 bridgehead atoms. The maximum absolute atomic E-state index is 14.1. The first kappa shape index (κ1) is 23.0. The van der Waals surface area contributed by atoms with E-state index in [0.29, 0.717) is 19.0 Å². The highest BCUT2D eigenvalue weighted by molar-refractivity contribution is 6.62. The summed E-state index contributed by atoms with van der Waals surface area (Å²) < 4.78 is 26.4. The van der Waals surface area contributed by atoms with Crippen molar-refractivity contribution in [1.29, 1.82) is 0 Å². The SMILES string of the molecule is CC1(C)OB(c2ccc3c(c2)N(C2CC(N4CC[C@H](F)C4)C2)C(=O)C32CCNCC2)OC1(C)C. The highest BCUT2D eigenvalue weighted by Gasteiger charge is 2.56. The molecule has 6 nitrogen and oxygen atoms in total. The summed E-state index contributed by atoms with van der Waals surface area (Å²) in [5.41, 5.74) is 1.91. The standard InChI is InChI=1S/C26H37BFN3O3/c1-24(2)25(3,4)34-27(33-24)17-5-6-21-22(13-17)31(23(32)26(21)8-10-29-11-9-26)20-14-19(15-20)30-12-7-18(28)16-30/h5-6,13,18-20,29H,7-12,14-16H2,1-4H3/t18-,19?,20?/m0/s1. The van der Waals surface area contributed by atoms with Crippen LogP contribution in [0.5, 0.6) is 0 Å². The van der Waals surface area contributed by atoms with Crippen molar-refractivity contribution < 1.29 is 18.5 Å². The summed E-state index contributed by atoms with van der Waals surface area (Å²) in [5.74, 6) is 0.253. The van der Waals surface area contributed by atoms with E-state index in [-0.39, 0.29) is 11.9 Å². The van der Waals surface area contributed by atoms with Crippen molar-refractivity contribution in [1.82, 2.24) is 10.2 Å². The number of nitrogens with one attached hydrogen (secondary N) is 1. The molecule has 0 unspecified atom stereocenters. The number of anilines is 1. The lowest BCUT2D eigenvalue weighted by Gasteiger charge is -2.46. The monoisotopic (exact) mass is 469 g/mol. The van der Waals surface area contributed by atoms with Crippen molar-refractivity contribution in [3.63, 3.8) is 0 Å². The molecule has 8 heteroatoms. The molecule has 4 aliphatic heterocycles. The van der Waals surface area contributed by atoms with E-state index in [4.69, 9.17) is 9.31 Å². The Balaban J connectivity index is 1.31. The lowest BCUT2D eigenvalue weighted by molar-refractivity contribution is -0.125. The number of carbonyl (C=O) groups is 1. The van der Waals surface area contributed by atoms with Gasteiger partial charge in [0.2, 0.25) is 5.91 Å². The van der Waals surface area contributed by atoms with Gasteiger partial charge in [0.15, 0.2) is 0 Å². The van der Waals surface area contributed by atoms with Gasteiger partial charge in [-0.1, -0.05) is 12.1 Å². The molecule has 1 spiro atoms. The number of likely N-dealkylation sites (tertiary alicyclic amines) is 1. The van der Waals surface area contributed by atoms with Crippen LogP contribution in [0, 0.1) is 0 Å². The molecule has 4 heterocycles. The summed E-state index contributed by atoms with van der Waals surface area (Å²) in [6, 6.07) is 6.96. The molecule has 184 valence electrons. The number of fused-ring (bicyclic) bond motifs is 2. The first-order valence-corrected chi connectivity index (χ1v) is 13.0. The molecule has 5 aliphatic rings. The molecule has 1 saturated carbocycles. The van der Waals surface area contributed by atoms with E-state index in [9.17, 15) is 9.18 Å². The van der Waals surface area contributed by atoms with Gasteiger partial charge in [-0.15, -0.1) is 0 Å². The molecule has 0 radical (unpaired) electrons. The Bertz CT molecular complexity index is 974. The summed E-state index contributed by atoms with van der Waals surface area (Å²) >= 11 is 0. The van der Waals surface area contributed by atoms with Crippen molar-refractivity contribution in [3.05, 3.63) is 23.8 Å². The van der Waals surface area contributed by atoms with Gasteiger partial charge in [-0.2, -0.15) is 0 Å². The van der Waals surface area contributed by atoms with Crippen molar-refractivity contribution in [2.45, 2.75) is 94.7 Å². The number of carbonyl (C=O) groups excluding carboxylic acids is 1. The van der Waals surface area contributed by atoms with E-state index < -0.39 is 29.9 Å². The minimum absolute atomic E-state index is 0.178. The van der Waals surface area contributed by atoms with Crippen LogP contribution in [0.15, 0.2) is 18.2 Å². The Hall–Kier alpha value is -1.48. The Morgan fingerprint density at radius 3 is 2.35 bits per heavy atom. The zero-order chi connectivity index (χ0) is 23.9. The van der Waals surface area contributed by atoms with Crippen molar-refractivity contribution in [3.8, 4) is 0 Å². The van der Waals surface area contributed by atoms with Gasteiger partial charge in [0.05, 0.1) is 16.6 Å². The molecule has 1 aromatic rings. The smallest absolute Gasteiger partial charge is 0.399 e. The average molecular weight is 469 g/mol. The van der Waals surface area contributed by atoms with Gasteiger partial charge in [-0.3, -0.25) is 9.69 Å². The molecule has 1 amide bonds. The van der Waals surface area contributed by atoms with Gasteiger partial charge < -0.3 is 19.5 Å². The van der Waals surface area contributed by atoms with Gasteiger partial charge >= 0.3 is 7.12 Å². The van der Waals surface area contributed by atoms with Gasteiger partial charge in [0.1, 0.15) is 6.17 Å². The lowest BCUT2D eigenvalue weighted by atomic mass is 9.72. The number of amides is 1. The third kappa shape index (κ3) is 3.32. The number of hydrogen-bond acceptors (Lipinski definition) is 5. The van der Waals surface area contributed by atoms with Crippen molar-refractivity contribution in [2.24, 2.45) is 0 Å². The second kappa shape index (κ2) is 7.76. The second-order valence-corrected chi connectivity index (χ2v) is 12.0. The number of nitrogens with zero attached hydrogens (tertiary/aromatic N) is 2. The quantitative estimate of drug-likeness (QED) is 0.690. The van der Waals surface area contributed by atoms with Crippen LogP contribution in [-0.4, -0.2) is 73.6 Å². The first-order valence-electron chi connectivity index (χ1n) is 13.0. The summed E-state index contributed by atoms with van der Waals surface area (Å²) in [5, 5.41) is 3.43. The predicted octanol–water partition coefficient (Wildman–Crippen LogP) is 2.53. The molecule has 1 N–H and O–H groups in total. The molecule has 6 rings (SSSR count). The number of benzene rings is 1. The molecule has 34 heavy (non-hydrogen) atoms. The largest absolute Gasteiger partial charge is 0.494 e. The van der Waals surface area contributed by atoms with Gasteiger partial charge in [-0.25, -0.2) is 4.39 Å². The maximum atomic E-state index is 14.1. The van der Waals surface area contributed by atoms with E-state index in [0.717, 1.165) is 62.0 Å². The molecule has 1 atom stereocenters. The highest BCUT2D eigenvalue weighted by Crippen LogP contribution is 2.50. The lowest BCUT2D eigenvalue weighted by Crippen LogP contribution is -2.57. The number of rotatable bonds is 3. The maximum Gasteiger partial charge on any atom is 0.494 e. The van der Waals surface area contributed by atoms with E-state index in [1.807, 2.05) is 0 Å². The summed E-state index contributed by atoms with van der Waals surface area (Å²) in [6.45, 7) is 11.4. The molecule has 4 fully saturated rings. The Morgan fingerprint density at radius 1 is 1.06 bits per heavy atom. The number of piperidine rings is 1. The third-order valence-electron chi connectivity index (χ3n) is 9.54. The van der Waals surface area contributed by atoms with Crippen LogP contribution < -0.4 is 15.7 Å². The van der Waals surface area contributed by atoms with E-state index in [1.54, 1.807) is 0 Å². The molecule has 1 aliphatic carbocycles. The normalized spacial score (nSPS) is 34.0. The van der Waals surface area contributed by atoms with E-state index in [2.05, 4.69) is 61.0 Å². The van der Waals surface area contributed by atoms with Gasteiger partial charge in [-0.05, 0) is 90.0 Å². The van der Waals surface area contributed by atoms with Gasteiger partial charge in [0, 0.05) is 30.9 Å². The summed E-state index contributed by atoms with van der Waals surface area (Å²) in [4.78, 5) is 18.4. The van der Waals surface area contributed by atoms with Crippen molar-refractivity contribution in [2.75, 3.05) is 31.1 Å². The zero-order valence-electron chi connectivity index (χ0n) is 20.9. The van der Waals surface area contributed by atoms with Crippen LogP contribution in [0.4, 0.5) is 10.1 Å². The van der Waals surface area contributed by atoms with E-state index in [1.165, 1.54) is 0 Å². The molecule has 1 aromatic carbocycles. The van der Waals surface area contributed by atoms with Crippen molar-refractivity contribution >= 4 is 24.2 Å². The highest BCUT2D eigenvalue weighted by atomic mass is 19.1. The molecule has 3 saturated heterocycles. The Morgan fingerprint density at radius 2 is 1.74 bits per heavy atom. The number of alkyl halides is 1. The number of hydrogen-bond donors (Lipinski definition) is 1. The van der Waals surface area contributed by atoms with Crippen LogP contribution in [0.1, 0.15) is 65.4 Å². The topological polar surface area (TPSA) is 54.0 Å². The van der Waals surface area contributed by atoms with Crippen LogP contribution >= 0.6 is 0 Å². The summed E-state index contributed by atoms with van der Waals surface area (Å²) in [7, 11) is -0.447. The van der Waals surface area contributed by atoms with Crippen LogP contribution in [0.3, 0.4) is 0 Å². The number of halogens is 1. The summed E-state index contributed by atoms with van der Waals surface area (Å²) in [6.07, 6.45) is 3.45. The fraction of sp³-hybridized carbons (Fsp3) is 0.731. The fourth-order valence-electron chi connectivity index (χ4n) is 6.58. The minimum atomic E-state index is -0.700. The van der Waals surface area contributed by atoms with Crippen LogP contribution in [0.2, 0.25) is 0 Å². The molecular formula is C26H37BFN3O3. The first-order chi connectivity index (χ1) is 16.1. The Kier molecular flexibility index (Phi) is 5.24. The predicted molar refractivity (Wildman–Crippen MR) is 131 cm³/mol.